The Morgan fingerprint density at radius 3 is 2.74 bits per heavy atom. The van der Waals surface area contributed by atoms with Crippen molar-refractivity contribution in [2.24, 2.45) is 4.99 Å². The smallest absolute Gasteiger partial charge is 0.379 e. The molecule has 0 amide bonds. The first-order valence-corrected chi connectivity index (χ1v) is 10.5. The summed E-state index contributed by atoms with van der Waals surface area (Å²) in [5, 5.41) is 9.46. The highest BCUT2D eigenvalue weighted by molar-refractivity contribution is 14.0. The van der Waals surface area contributed by atoms with E-state index in [1.165, 1.54) is 6.07 Å². The third-order valence-corrected chi connectivity index (χ3v) is 4.43. The van der Waals surface area contributed by atoms with Gasteiger partial charge >= 0.3 is 6.18 Å². The van der Waals surface area contributed by atoms with Crippen LogP contribution in [0.15, 0.2) is 23.3 Å². The summed E-state index contributed by atoms with van der Waals surface area (Å²) in [5.74, 6) is 1.16. The fraction of sp³-hybridized carbons (Fsp3) is 0.700. The van der Waals surface area contributed by atoms with Crippen LogP contribution >= 0.6 is 24.0 Å². The van der Waals surface area contributed by atoms with Crippen molar-refractivity contribution >= 4 is 35.8 Å². The van der Waals surface area contributed by atoms with Crippen molar-refractivity contribution in [2.75, 3.05) is 51.3 Å². The number of nitrogens with one attached hydrogen (secondary N) is 3. The van der Waals surface area contributed by atoms with E-state index in [-0.39, 0.29) is 30.1 Å². The van der Waals surface area contributed by atoms with Crippen molar-refractivity contribution in [1.82, 2.24) is 15.6 Å². The number of hydrogen-bond donors (Lipinski definition) is 3. The van der Waals surface area contributed by atoms with Crippen LogP contribution in [0.2, 0.25) is 0 Å². The lowest BCUT2D eigenvalue weighted by atomic mass is 10.2. The highest BCUT2D eigenvalue weighted by Crippen LogP contribution is 2.28. The first kappa shape index (κ1) is 27.7. The molecule has 1 aromatic heterocycles. The summed E-state index contributed by atoms with van der Waals surface area (Å²) >= 11 is 0. The largest absolute Gasteiger partial charge is 0.417 e. The van der Waals surface area contributed by atoms with Crippen LogP contribution in [0, 0.1) is 0 Å². The Labute approximate surface area is 199 Å². The van der Waals surface area contributed by atoms with Gasteiger partial charge in [-0.05, 0) is 44.7 Å². The highest BCUT2D eigenvalue weighted by Gasteiger charge is 2.30. The normalized spacial score (nSPS) is 16.6. The lowest BCUT2D eigenvalue weighted by Crippen LogP contribution is -2.38. The maximum Gasteiger partial charge on any atom is 0.417 e. The van der Waals surface area contributed by atoms with Gasteiger partial charge in [0.25, 0.3) is 0 Å². The minimum atomic E-state index is -4.37. The van der Waals surface area contributed by atoms with Crippen LogP contribution in [0.25, 0.3) is 0 Å². The van der Waals surface area contributed by atoms with Crippen molar-refractivity contribution in [3.63, 3.8) is 0 Å². The molecular formula is C20H33F3IN5O2. The zero-order chi connectivity index (χ0) is 21.7. The standard InChI is InChI=1S/C20H32F3N5O2.HI/c1-2-24-19(27-11-5-12-29-15-17-6-3-13-30-17)26-10-4-9-25-18-8-7-16(14-28-18)20(21,22)23;/h7-8,14,17H,2-6,9-13,15H2,1H3,(H,25,28)(H2,24,26,27);1H. The minimum Gasteiger partial charge on any atom is -0.379 e. The quantitative estimate of drug-likeness (QED) is 0.157. The number of anilines is 1. The van der Waals surface area contributed by atoms with Gasteiger partial charge in [-0.2, -0.15) is 13.2 Å². The molecule has 31 heavy (non-hydrogen) atoms. The third-order valence-electron chi connectivity index (χ3n) is 4.43. The molecule has 1 atom stereocenters. The molecule has 0 aromatic carbocycles. The molecule has 1 fully saturated rings. The zero-order valence-electron chi connectivity index (χ0n) is 17.8. The van der Waals surface area contributed by atoms with Crippen LogP contribution in [0.3, 0.4) is 0 Å². The van der Waals surface area contributed by atoms with Crippen molar-refractivity contribution in [3.8, 4) is 0 Å². The fourth-order valence-electron chi connectivity index (χ4n) is 2.87. The summed E-state index contributed by atoms with van der Waals surface area (Å²) in [6.07, 6.45) is 0.517. The van der Waals surface area contributed by atoms with Gasteiger partial charge in [-0.1, -0.05) is 0 Å². The van der Waals surface area contributed by atoms with Crippen LogP contribution in [0.4, 0.5) is 19.0 Å². The molecule has 1 aromatic rings. The first-order chi connectivity index (χ1) is 14.5. The maximum atomic E-state index is 12.5. The number of pyridine rings is 1. The van der Waals surface area contributed by atoms with Gasteiger partial charge in [-0.15, -0.1) is 24.0 Å². The van der Waals surface area contributed by atoms with E-state index in [4.69, 9.17) is 9.47 Å². The van der Waals surface area contributed by atoms with E-state index in [0.29, 0.717) is 32.1 Å². The monoisotopic (exact) mass is 559 g/mol. The zero-order valence-corrected chi connectivity index (χ0v) is 20.2. The highest BCUT2D eigenvalue weighted by atomic mass is 127. The molecule has 178 valence electrons. The number of alkyl halides is 3. The Morgan fingerprint density at radius 2 is 2.10 bits per heavy atom. The topological polar surface area (TPSA) is 79.8 Å². The van der Waals surface area contributed by atoms with E-state index in [0.717, 1.165) is 63.6 Å². The molecule has 0 spiro atoms. The molecule has 1 aliphatic heterocycles. The molecule has 1 aliphatic rings. The van der Waals surface area contributed by atoms with Crippen molar-refractivity contribution in [1.29, 1.82) is 0 Å². The van der Waals surface area contributed by atoms with Gasteiger partial charge in [-0.3, -0.25) is 4.99 Å². The molecule has 0 bridgehead atoms. The number of ether oxygens (including phenoxy) is 2. The number of nitrogens with zero attached hydrogens (tertiary/aromatic N) is 2. The third kappa shape index (κ3) is 11.7. The van der Waals surface area contributed by atoms with E-state index in [1.54, 1.807) is 0 Å². The van der Waals surface area contributed by atoms with Crippen LogP contribution in [0.1, 0.15) is 38.2 Å². The van der Waals surface area contributed by atoms with Gasteiger partial charge in [0, 0.05) is 45.6 Å². The molecule has 0 radical (unpaired) electrons. The molecule has 7 nitrogen and oxygen atoms in total. The summed E-state index contributed by atoms with van der Waals surface area (Å²) in [4.78, 5) is 8.28. The van der Waals surface area contributed by atoms with Gasteiger partial charge in [0.2, 0.25) is 0 Å². The number of guanidine groups is 1. The van der Waals surface area contributed by atoms with Gasteiger partial charge in [0.05, 0.1) is 18.3 Å². The van der Waals surface area contributed by atoms with E-state index in [1.807, 2.05) is 6.92 Å². The summed E-state index contributed by atoms with van der Waals surface area (Å²) < 4.78 is 48.7. The predicted octanol–water partition coefficient (Wildman–Crippen LogP) is 3.66. The van der Waals surface area contributed by atoms with Crippen molar-refractivity contribution in [2.45, 2.75) is 44.9 Å². The van der Waals surface area contributed by atoms with Gasteiger partial charge in [0.1, 0.15) is 5.82 Å². The molecule has 11 heteroatoms. The number of halogens is 4. The van der Waals surface area contributed by atoms with E-state index >= 15 is 0 Å². The second-order valence-electron chi connectivity index (χ2n) is 6.96. The summed E-state index contributed by atoms with van der Waals surface area (Å²) in [6.45, 7) is 6.84. The molecule has 1 saturated heterocycles. The Morgan fingerprint density at radius 1 is 1.26 bits per heavy atom. The van der Waals surface area contributed by atoms with E-state index in [9.17, 15) is 13.2 Å². The van der Waals surface area contributed by atoms with Crippen molar-refractivity contribution < 1.29 is 22.6 Å². The Bertz CT molecular complexity index is 626. The minimum absolute atomic E-state index is 0. The fourth-order valence-corrected chi connectivity index (χ4v) is 2.87. The van der Waals surface area contributed by atoms with E-state index in [2.05, 4.69) is 25.9 Å². The SMILES string of the molecule is CCNC(=NCCCNc1ccc(C(F)(F)F)cn1)NCCCOCC1CCCO1.I. The number of hydrogen-bond acceptors (Lipinski definition) is 5. The average molecular weight is 559 g/mol. The van der Waals surface area contributed by atoms with E-state index < -0.39 is 11.7 Å². The molecule has 0 aliphatic carbocycles. The second kappa shape index (κ2) is 15.5. The van der Waals surface area contributed by atoms with Crippen LogP contribution < -0.4 is 16.0 Å². The molecule has 2 rings (SSSR count). The lowest BCUT2D eigenvalue weighted by Gasteiger charge is -2.13. The lowest BCUT2D eigenvalue weighted by molar-refractivity contribution is -0.137. The number of aliphatic imine (C=N–C) groups is 1. The van der Waals surface area contributed by atoms with Crippen LogP contribution in [0.5, 0.6) is 0 Å². The van der Waals surface area contributed by atoms with Crippen LogP contribution in [-0.4, -0.2) is 63.0 Å². The Balaban J connectivity index is 0.00000480. The average Bonchev–Trinajstić information content (AvgIpc) is 3.23. The molecule has 1 unspecified atom stereocenters. The molecule has 3 N–H and O–H groups in total. The maximum absolute atomic E-state index is 12.5. The van der Waals surface area contributed by atoms with Crippen molar-refractivity contribution in [3.05, 3.63) is 23.9 Å². The van der Waals surface area contributed by atoms with Crippen LogP contribution in [-0.2, 0) is 15.7 Å². The molecule has 2 heterocycles. The first-order valence-electron chi connectivity index (χ1n) is 10.5. The summed E-state index contributed by atoms with van der Waals surface area (Å²) in [6, 6.07) is 2.35. The second-order valence-corrected chi connectivity index (χ2v) is 6.96. The van der Waals surface area contributed by atoms with Gasteiger partial charge in [0.15, 0.2) is 5.96 Å². The van der Waals surface area contributed by atoms with Gasteiger partial charge < -0.3 is 25.4 Å². The Hall–Kier alpha value is -1.34. The number of rotatable bonds is 12. The molecular weight excluding hydrogens is 526 g/mol. The van der Waals surface area contributed by atoms with Gasteiger partial charge in [-0.25, -0.2) is 4.98 Å². The molecule has 0 saturated carbocycles. The predicted molar refractivity (Wildman–Crippen MR) is 126 cm³/mol. The summed E-state index contributed by atoms with van der Waals surface area (Å²) in [5.41, 5.74) is -0.753. The Kier molecular flexibility index (Phi) is 13.8. The number of aromatic nitrogens is 1. The summed E-state index contributed by atoms with van der Waals surface area (Å²) in [7, 11) is 0.